The monoisotopic (exact) mass is 259 g/mol. The third-order valence-electron chi connectivity index (χ3n) is 2.70. The Bertz CT molecular complexity index is 500. The van der Waals surface area contributed by atoms with Crippen LogP contribution in [-0.2, 0) is 12.8 Å². The second-order valence-corrected chi connectivity index (χ2v) is 5.68. The summed E-state index contributed by atoms with van der Waals surface area (Å²) in [5, 5.41) is 11.6. The zero-order valence-electron chi connectivity index (χ0n) is 11.8. The zero-order valence-corrected chi connectivity index (χ0v) is 11.8. The minimum atomic E-state index is 0.118. The first-order valence-electron chi connectivity index (χ1n) is 6.63. The second kappa shape index (κ2) is 5.97. The molecule has 0 saturated heterocycles. The van der Waals surface area contributed by atoms with Crippen molar-refractivity contribution in [1.29, 1.82) is 0 Å². The Kier molecular flexibility index (Phi) is 4.32. The molecule has 0 spiro atoms. The predicted octanol–water partition coefficient (Wildman–Crippen LogP) is 2.59. The van der Waals surface area contributed by atoms with Crippen LogP contribution in [0.2, 0.25) is 0 Å². The third-order valence-corrected chi connectivity index (χ3v) is 2.70. The van der Waals surface area contributed by atoms with E-state index in [0.717, 1.165) is 13.0 Å². The number of nitrogens with zero attached hydrogens (tertiary/aromatic N) is 2. The molecule has 19 heavy (non-hydrogen) atoms. The van der Waals surface area contributed by atoms with E-state index in [2.05, 4.69) is 48.4 Å². The van der Waals surface area contributed by atoms with Crippen LogP contribution in [0.3, 0.4) is 0 Å². The van der Waals surface area contributed by atoms with Crippen molar-refractivity contribution >= 4 is 0 Å². The van der Waals surface area contributed by atoms with Gasteiger partial charge in [-0.3, -0.25) is 0 Å². The van der Waals surface area contributed by atoms with E-state index >= 15 is 0 Å². The van der Waals surface area contributed by atoms with Crippen molar-refractivity contribution in [3.05, 3.63) is 47.7 Å². The molecule has 1 aromatic carbocycles. The quantitative estimate of drug-likeness (QED) is 0.896. The summed E-state index contributed by atoms with van der Waals surface area (Å²) >= 11 is 0. The van der Waals surface area contributed by atoms with Gasteiger partial charge in [0.05, 0.1) is 6.42 Å². The Balaban J connectivity index is 1.86. The van der Waals surface area contributed by atoms with Crippen molar-refractivity contribution in [2.75, 3.05) is 6.54 Å². The highest BCUT2D eigenvalue weighted by molar-refractivity contribution is 5.17. The fourth-order valence-corrected chi connectivity index (χ4v) is 1.78. The molecule has 102 valence electrons. The maximum atomic E-state index is 5.64. The van der Waals surface area contributed by atoms with Crippen molar-refractivity contribution in [3.63, 3.8) is 0 Å². The average Bonchev–Trinajstić information content (AvgIpc) is 2.76. The highest BCUT2D eigenvalue weighted by Crippen LogP contribution is 2.08. The van der Waals surface area contributed by atoms with Crippen LogP contribution < -0.4 is 5.32 Å². The van der Waals surface area contributed by atoms with E-state index in [1.54, 1.807) is 0 Å². The SMILES string of the molecule is CC(C)(C)NCCc1nnc(Cc2ccccc2)o1. The molecular weight excluding hydrogens is 238 g/mol. The van der Waals surface area contributed by atoms with E-state index in [4.69, 9.17) is 4.42 Å². The van der Waals surface area contributed by atoms with Crippen LogP contribution in [0.4, 0.5) is 0 Å². The zero-order chi connectivity index (χ0) is 13.7. The van der Waals surface area contributed by atoms with Crippen molar-refractivity contribution < 1.29 is 4.42 Å². The van der Waals surface area contributed by atoms with Crippen LogP contribution in [0.25, 0.3) is 0 Å². The highest BCUT2D eigenvalue weighted by Gasteiger charge is 2.10. The second-order valence-electron chi connectivity index (χ2n) is 5.68. The molecule has 4 heteroatoms. The molecule has 0 fully saturated rings. The van der Waals surface area contributed by atoms with E-state index in [-0.39, 0.29) is 5.54 Å². The lowest BCUT2D eigenvalue weighted by Gasteiger charge is -2.19. The Labute approximate surface area is 114 Å². The first-order valence-corrected chi connectivity index (χ1v) is 6.63. The molecule has 1 N–H and O–H groups in total. The van der Waals surface area contributed by atoms with Gasteiger partial charge < -0.3 is 9.73 Å². The standard InChI is InChI=1S/C15H21N3O/c1-15(2,3)16-10-9-13-17-18-14(19-13)11-12-7-5-4-6-8-12/h4-8,16H,9-11H2,1-3H3. The van der Waals surface area contributed by atoms with Gasteiger partial charge in [-0.05, 0) is 26.3 Å². The number of benzene rings is 1. The first kappa shape index (κ1) is 13.7. The number of rotatable bonds is 5. The van der Waals surface area contributed by atoms with Crippen molar-refractivity contribution in [3.8, 4) is 0 Å². The lowest BCUT2D eigenvalue weighted by molar-refractivity contribution is 0.403. The molecule has 4 nitrogen and oxygen atoms in total. The van der Waals surface area contributed by atoms with E-state index < -0.39 is 0 Å². The van der Waals surface area contributed by atoms with E-state index in [9.17, 15) is 0 Å². The summed E-state index contributed by atoms with van der Waals surface area (Å²) in [7, 11) is 0. The molecule has 0 unspecified atom stereocenters. The van der Waals surface area contributed by atoms with Crippen LogP contribution in [-0.4, -0.2) is 22.3 Å². The molecule has 1 heterocycles. The first-order chi connectivity index (χ1) is 9.03. The van der Waals surface area contributed by atoms with E-state index in [1.165, 1.54) is 5.56 Å². The Morgan fingerprint density at radius 2 is 1.74 bits per heavy atom. The number of nitrogens with one attached hydrogen (secondary N) is 1. The van der Waals surface area contributed by atoms with Crippen LogP contribution in [0.5, 0.6) is 0 Å². The maximum absolute atomic E-state index is 5.64. The van der Waals surface area contributed by atoms with Gasteiger partial charge in [-0.25, -0.2) is 0 Å². The van der Waals surface area contributed by atoms with Crippen LogP contribution in [0.15, 0.2) is 34.7 Å². The van der Waals surface area contributed by atoms with Crippen molar-refractivity contribution in [2.24, 2.45) is 0 Å². The summed E-state index contributed by atoms with van der Waals surface area (Å²) < 4.78 is 5.64. The molecule has 0 aliphatic carbocycles. The summed E-state index contributed by atoms with van der Waals surface area (Å²) in [5.41, 5.74) is 1.30. The summed E-state index contributed by atoms with van der Waals surface area (Å²) in [6, 6.07) is 10.1. The third kappa shape index (κ3) is 4.83. The molecule has 0 atom stereocenters. The van der Waals surface area contributed by atoms with Gasteiger partial charge >= 0.3 is 0 Å². The van der Waals surface area contributed by atoms with Gasteiger partial charge in [-0.1, -0.05) is 30.3 Å². The van der Waals surface area contributed by atoms with Gasteiger partial charge in [0.2, 0.25) is 11.8 Å². The Morgan fingerprint density at radius 1 is 1.05 bits per heavy atom. The van der Waals surface area contributed by atoms with Crippen LogP contribution >= 0.6 is 0 Å². The van der Waals surface area contributed by atoms with Gasteiger partial charge in [-0.2, -0.15) is 0 Å². The fraction of sp³-hybridized carbons (Fsp3) is 0.467. The molecular formula is C15H21N3O. The lowest BCUT2D eigenvalue weighted by Crippen LogP contribution is -2.37. The fourth-order valence-electron chi connectivity index (χ4n) is 1.78. The molecule has 1 aromatic heterocycles. The summed E-state index contributed by atoms with van der Waals surface area (Å²) in [6.45, 7) is 7.27. The van der Waals surface area contributed by atoms with Gasteiger partial charge in [0.15, 0.2) is 0 Å². The van der Waals surface area contributed by atoms with Crippen LogP contribution in [0.1, 0.15) is 38.1 Å². The maximum Gasteiger partial charge on any atom is 0.220 e. The van der Waals surface area contributed by atoms with Gasteiger partial charge in [0.25, 0.3) is 0 Å². The molecule has 0 amide bonds. The number of hydrogen-bond donors (Lipinski definition) is 1. The lowest BCUT2D eigenvalue weighted by atomic mass is 10.1. The number of hydrogen-bond acceptors (Lipinski definition) is 4. The molecule has 2 aromatic rings. The van der Waals surface area contributed by atoms with Gasteiger partial charge in [-0.15, -0.1) is 10.2 Å². The minimum Gasteiger partial charge on any atom is -0.425 e. The number of aromatic nitrogens is 2. The normalized spacial score (nSPS) is 11.7. The molecule has 2 rings (SSSR count). The molecule has 0 radical (unpaired) electrons. The topological polar surface area (TPSA) is 51.0 Å². The molecule has 0 saturated carbocycles. The highest BCUT2D eigenvalue weighted by atomic mass is 16.4. The van der Waals surface area contributed by atoms with Crippen molar-refractivity contribution in [1.82, 2.24) is 15.5 Å². The Morgan fingerprint density at radius 3 is 2.42 bits per heavy atom. The Hall–Kier alpha value is -1.68. The largest absolute Gasteiger partial charge is 0.425 e. The smallest absolute Gasteiger partial charge is 0.220 e. The summed E-state index contributed by atoms with van der Waals surface area (Å²) in [4.78, 5) is 0. The van der Waals surface area contributed by atoms with Crippen LogP contribution in [0, 0.1) is 0 Å². The van der Waals surface area contributed by atoms with E-state index in [0.29, 0.717) is 18.2 Å². The molecule has 0 aliphatic heterocycles. The molecule has 0 aliphatic rings. The molecule has 0 bridgehead atoms. The summed E-state index contributed by atoms with van der Waals surface area (Å²) in [6.07, 6.45) is 1.46. The van der Waals surface area contributed by atoms with Gasteiger partial charge in [0, 0.05) is 18.5 Å². The van der Waals surface area contributed by atoms with Crippen molar-refractivity contribution in [2.45, 2.75) is 39.2 Å². The summed E-state index contributed by atoms with van der Waals surface area (Å²) in [5.74, 6) is 1.37. The minimum absolute atomic E-state index is 0.118. The van der Waals surface area contributed by atoms with E-state index in [1.807, 2.05) is 18.2 Å². The average molecular weight is 259 g/mol. The van der Waals surface area contributed by atoms with Gasteiger partial charge in [0.1, 0.15) is 0 Å². The predicted molar refractivity (Wildman–Crippen MR) is 75.0 cm³/mol.